The summed E-state index contributed by atoms with van der Waals surface area (Å²) in [5, 5.41) is 26.7. The molecule has 0 bridgehead atoms. The first kappa shape index (κ1) is 15.8. The maximum absolute atomic E-state index is 12.0. The van der Waals surface area contributed by atoms with Gasteiger partial charge >= 0.3 is 5.97 Å². The van der Waals surface area contributed by atoms with Crippen LogP contribution in [0, 0.1) is 18.3 Å². The molecule has 2 aromatic rings. The van der Waals surface area contributed by atoms with Crippen molar-refractivity contribution in [2.75, 3.05) is 10.6 Å². The van der Waals surface area contributed by atoms with Gasteiger partial charge in [0.1, 0.15) is 17.4 Å². The number of hydrogen-bond acceptors (Lipinski definition) is 6. The fourth-order valence-electron chi connectivity index (χ4n) is 1.62. The lowest BCUT2D eigenvalue weighted by Gasteiger charge is -2.04. The van der Waals surface area contributed by atoms with Crippen LogP contribution in [0.3, 0.4) is 0 Å². The minimum atomic E-state index is -1.06. The highest BCUT2D eigenvalue weighted by Gasteiger charge is 2.10. The van der Waals surface area contributed by atoms with E-state index in [9.17, 15) is 9.59 Å². The Balaban J connectivity index is 2.05. The van der Waals surface area contributed by atoms with E-state index in [1.54, 1.807) is 19.1 Å². The van der Waals surface area contributed by atoms with Crippen LogP contribution < -0.4 is 10.6 Å². The molecule has 8 heteroatoms. The van der Waals surface area contributed by atoms with Gasteiger partial charge in [0.2, 0.25) is 0 Å². The molecule has 1 amide bonds. The lowest BCUT2D eigenvalue weighted by atomic mass is 10.2. The smallest absolute Gasteiger partial charge is 0.335 e. The average Bonchev–Trinajstić information content (AvgIpc) is 2.94. The van der Waals surface area contributed by atoms with Crippen molar-refractivity contribution in [3.8, 4) is 6.07 Å². The molecule has 116 valence electrons. The molecule has 0 saturated carbocycles. The Morgan fingerprint density at radius 3 is 2.57 bits per heavy atom. The second-order valence-electron chi connectivity index (χ2n) is 4.47. The number of carboxylic acid groups (broad SMARTS) is 1. The summed E-state index contributed by atoms with van der Waals surface area (Å²) >= 11 is 0. The van der Waals surface area contributed by atoms with E-state index in [2.05, 4.69) is 15.8 Å². The molecule has 2 rings (SSSR count). The Morgan fingerprint density at radius 2 is 2.04 bits per heavy atom. The van der Waals surface area contributed by atoms with Crippen LogP contribution in [0.25, 0.3) is 0 Å². The highest BCUT2D eigenvalue weighted by Crippen LogP contribution is 2.12. The molecule has 0 spiro atoms. The van der Waals surface area contributed by atoms with Crippen LogP contribution in [0.15, 0.2) is 46.6 Å². The molecule has 1 aromatic heterocycles. The SMILES string of the molecule is Cc1cc(N/C=C(/C#N)C(=O)Nc2ccc(C(=O)O)cc2)no1. The topological polar surface area (TPSA) is 128 Å². The van der Waals surface area contributed by atoms with Gasteiger partial charge in [0, 0.05) is 18.0 Å². The predicted molar refractivity (Wildman–Crippen MR) is 80.6 cm³/mol. The molecule has 0 unspecified atom stereocenters. The number of carbonyl (C=O) groups excluding carboxylic acids is 1. The minimum absolute atomic E-state index is 0.0992. The molecule has 3 N–H and O–H groups in total. The Labute approximate surface area is 131 Å². The van der Waals surface area contributed by atoms with Crippen molar-refractivity contribution < 1.29 is 19.2 Å². The van der Waals surface area contributed by atoms with Crippen LogP contribution >= 0.6 is 0 Å². The van der Waals surface area contributed by atoms with Gasteiger partial charge in [-0.3, -0.25) is 4.79 Å². The fourth-order valence-corrected chi connectivity index (χ4v) is 1.62. The molecule has 8 nitrogen and oxygen atoms in total. The maximum Gasteiger partial charge on any atom is 0.335 e. The van der Waals surface area contributed by atoms with Crippen LogP contribution in [-0.4, -0.2) is 22.1 Å². The van der Waals surface area contributed by atoms with Crippen LogP contribution in [0.1, 0.15) is 16.1 Å². The first-order valence-corrected chi connectivity index (χ1v) is 6.44. The van der Waals surface area contributed by atoms with Gasteiger partial charge < -0.3 is 20.3 Å². The number of aryl methyl sites for hydroxylation is 1. The summed E-state index contributed by atoms with van der Waals surface area (Å²) < 4.78 is 4.84. The Bertz CT molecular complexity index is 800. The molecule has 1 aromatic carbocycles. The second kappa shape index (κ2) is 6.91. The van der Waals surface area contributed by atoms with Crippen LogP contribution in [0.5, 0.6) is 0 Å². The van der Waals surface area contributed by atoms with E-state index in [-0.39, 0.29) is 11.1 Å². The summed E-state index contributed by atoms with van der Waals surface area (Å²) in [6.45, 7) is 1.71. The van der Waals surface area contributed by atoms with E-state index < -0.39 is 11.9 Å². The normalized spacial score (nSPS) is 10.7. The molecule has 0 aliphatic heterocycles. The molecule has 23 heavy (non-hydrogen) atoms. The molecular weight excluding hydrogens is 300 g/mol. The number of nitriles is 1. The number of carboxylic acids is 1. The van der Waals surface area contributed by atoms with Crippen molar-refractivity contribution in [1.82, 2.24) is 5.16 Å². The quantitative estimate of drug-likeness (QED) is 0.570. The first-order valence-electron chi connectivity index (χ1n) is 6.44. The number of nitrogens with zero attached hydrogens (tertiary/aromatic N) is 2. The standard InChI is InChI=1S/C15H12N4O4/c1-9-6-13(19-23-9)17-8-11(7-16)14(20)18-12-4-2-10(3-5-12)15(21)22/h2-6,8H,1H3,(H,17,19)(H,18,20)(H,21,22)/b11-8-. The molecule has 0 fully saturated rings. The Morgan fingerprint density at radius 1 is 1.35 bits per heavy atom. The predicted octanol–water partition coefficient (Wildman–Crippen LogP) is 2.14. The highest BCUT2D eigenvalue weighted by atomic mass is 16.5. The number of hydrogen-bond donors (Lipinski definition) is 3. The number of rotatable bonds is 5. The van der Waals surface area contributed by atoms with Gasteiger partial charge in [-0.2, -0.15) is 5.26 Å². The molecule has 1 heterocycles. The van der Waals surface area contributed by atoms with Gasteiger partial charge in [0.25, 0.3) is 5.91 Å². The summed E-state index contributed by atoms with van der Waals surface area (Å²) in [6, 6.07) is 8.94. The summed E-state index contributed by atoms with van der Waals surface area (Å²) in [5.74, 6) is -0.743. The highest BCUT2D eigenvalue weighted by molar-refractivity contribution is 6.06. The lowest BCUT2D eigenvalue weighted by Crippen LogP contribution is -2.14. The zero-order valence-corrected chi connectivity index (χ0v) is 12.0. The van der Waals surface area contributed by atoms with E-state index in [0.717, 1.165) is 0 Å². The third-order valence-electron chi connectivity index (χ3n) is 2.75. The largest absolute Gasteiger partial charge is 0.478 e. The third kappa shape index (κ3) is 4.18. The summed E-state index contributed by atoms with van der Waals surface area (Å²) in [6.07, 6.45) is 1.21. The zero-order chi connectivity index (χ0) is 16.8. The van der Waals surface area contributed by atoms with Crippen molar-refractivity contribution in [2.24, 2.45) is 0 Å². The van der Waals surface area contributed by atoms with Crippen LogP contribution in [-0.2, 0) is 4.79 Å². The molecule has 0 radical (unpaired) electrons. The van der Waals surface area contributed by atoms with Crippen molar-refractivity contribution in [2.45, 2.75) is 6.92 Å². The third-order valence-corrected chi connectivity index (χ3v) is 2.75. The number of benzene rings is 1. The molecular formula is C15H12N4O4. The van der Waals surface area contributed by atoms with Crippen molar-refractivity contribution in [1.29, 1.82) is 5.26 Å². The molecule has 0 saturated heterocycles. The van der Waals surface area contributed by atoms with Gasteiger partial charge in [0.15, 0.2) is 5.82 Å². The number of nitrogens with one attached hydrogen (secondary N) is 2. The molecule has 0 aliphatic carbocycles. The summed E-state index contributed by atoms with van der Waals surface area (Å²) in [7, 11) is 0. The fraction of sp³-hybridized carbons (Fsp3) is 0.0667. The van der Waals surface area contributed by atoms with Crippen molar-refractivity contribution >= 4 is 23.4 Å². The monoisotopic (exact) mass is 312 g/mol. The summed E-state index contributed by atoms with van der Waals surface area (Å²) in [5.41, 5.74) is 0.300. The molecule has 0 atom stereocenters. The first-order chi connectivity index (χ1) is 11.0. The van der Waals surface area contributed by atoms with Crippen molar-refractivity contribution in [3.05, 3.63) is 53.4 Å². The van der Waals surface area contributed by atoms with Gasteiger partial charge in [-0.05, 0) is 31.2 Å². The maximum atomic E-state index is 12.0. The zero-order valence-electron chi connectivity index (χ0n) is 12.0. The lowest BCUT2D eigenvalue weighted by molar-refractivity contribution is -0.112. The van der Waals surface area contributed by atoms with Gasteiger partial charge in [-0.25, -0.2) is 4.79 Å². The number of aromatic nitrogens is 1. The Hall–Kier alpha value is -3.60. The van der Waals surface area contributed by atoms with Crippen LogP contribution in [0.2, 0.25) is 0 Å². The van der Waals surface area contributed by atoms with E-state index >= 15 is 0 Å². The van der Waals surface area contributed by atoms with Crippen LogP contribution in [0.4, 0.5) is 11.5 Å². The Kier molecular flexibility index (Phi) is 4.74. The van der Waals surface area contributed by atoms with Gasteiger partial charge in [-0.15, -0.1) is 0 Å². The van der Waals surface area contributed by atoms with E-state index in [1.807, 2.05) is 0 Å². The second-order valence-corrected chi connectivity index (χ2v) is 4.47. The van der Waals surface area contributed by atoms with Gasteiger partial charge in [-0.1, -0.05) is 5.16 Å². The van der Waals surface area contributed by atoms with E-state index in [0.29, 0.717) is 17.3 Å². The number of aromatic carboxylic acids is 1. The average molecular weight is 312 g/mol. The number of anilines is 2. The summed E-state index contributed by atoms with van der Waals surface area (Å²) in [4.78, 5) is 22.7. The van der Waals surface area contributed by atoms with E-state index in [1.165, 1.54) is 30.5 Å². The minimum Gasteiger partial charge on any atom is -0.478 e. The number of carbonyl (C=O) groups is 2. The number of amides is 1. The molecule has 0 aliphatic rings. The van der Waals surface area contributed by atoms with Crippen molar-refractivity contribution in [3.63, 3.8) is 0 Å². The van der Waals surface area contributed by atoms with Gasteiger partial charge in [0.05, 0.1) is 5.56 Å². The van der Waals surface area contributed by atoms with E-state index in [4.69, 9.17) is 14.9 Å².